The van der Waals surface area contributed by atoms with E-state index >= 15 is 0 Å². The van der Waals surface area contributed by atoms with Crippen molar-refractivity contribution >= 4 is 0 Å². The van der Waals surface area contributed by atoms with Gasteiger partial charge in [0.2, 0.25) is 0 Å². The smallest absolute Gasteiger partial charge is 0.185 e. The summed E-state index contributed by atoms with van der Waals surface area (Å²) >= 11 is 0. The zero-order valence-electron chi connectivity index (χ0n) is 7.02. The highest BCUT2D eigenvalue weighted by molar-refractivity contribution is 5.40. The van der Waals surface area contributed by atoms with E-state index in [9.17, 15) is 4.79 Å². The van der Waals surface area contributed by atoms with Crippen LogP contribution in [0.2, 0.25) is 0 Å². The van der Waals surface area contributed by atoms with E-state index in [0.717, 1.165) is 5.56 Å². The van der Waals surface area contributed by atoms with Crippen molar-refractivity contribution in [1.29, 1.82) is 0 Å². The van der Waals surface area contributed by atoms with Gasteiger partial charge in [0.15, 0.2) is 5.43 Å². The van der Waals surface area contributed by atoms with Gasteiger partial charge in [-0.05, 0) is 25.7 Å². The zero-order chi connectivity index (χ0) is 7.84. The predicted molar refractivity (Wildman–Crippen MR) is 45.6 cm³/mol. The Kier molecular flexibility index (Phi) is 1.59. The molecular formula is C10H14O. The van der Waals surface area contributed by atoms with Gasteiger partial charge < -0.3 is 0 Å². The summed E-state index contributed by atoms with van der Waals surface area (Å²) in [5, 5.41) is 0. The molecule has 0 heterocycles. The van der Waals surface area contributed by atoms with Gasteiger partial charge in [-0.15, -0.1) is 0 Å². The third kappa shape index (κ3) is 1.13. The van der Waals surface area contributed by atoms with Crippen LogP contribution in [0.25, 0.3) is 0 Å². The van der Waals surface area contributed by atoms with Gasteiger partial charge in [0, 0.05) is 11.1 Å². The first kappa shape index (κ1) is 7.08. The van der Waals surface area contributed by atoms with Crippen LogP contribution < -0.4 is 5.43 Å². The molecule has 1 aromatic rings. The van der Waals surface area contributed by atoms with Crippen LogP contribution in [0.4, 0.5) is 0 Å². The summed E-state index contributed by atoms with van der Waals surface area (Å²) in [6.45, 7) is 1.96. The fourth-order valence-corrected chi connectivity index (χ4v) is 2.16. The minimum Gasteiger partial charge on any atom is -0.289 e. The van der Waals surface area contributed by atoms with Crippen molar-refractivity contribution in [2.45, 2.75) is 44.9 Å². The summed E-state index contributed by atoms with van der Waals surface area (Å²) < 4.78 is 0. The molecule has 1 nitrogen and oxygen atoms in total. The largest absolute Gasteiger partial charge is 0.289 e. The van der Waals surface area contributed by atoms with E-state index in [1.807, 2.05) is 6.92 Å². The SMILES string of the molecule is Cc1c(C2CCCCC2)c1=O. The maximum absolute atomic E-state index is 11.0. The maximum atomic E-state index is 11.0. The molecule has 1 heteroatoms. The van der Waals surface area contributed by atoms with Gasteiger partial charge >= 0.3 is 0 Å². The van der Waals surface area contributed by atoms with Crippen LogP contribution >= 0.6 is 0 Å². The fourth-order valence-electron chi connectivity index (χ4n) is 2.16. The molecule has 1 aromatic carbocycles. The standard InChI is InChI=1S/C10H14O/c1-7-9(10(7)11)8-5-3-2-4-6-8/h8H,2-6H2,1H3. The minimum atomic E-state index is 0.372. The Hall–Kier alpha value is -0.590. The molecule has 0 bridgehead atoms. The van der Waals surface area contributed by atoms with Crippen molar-refractivity contribution in [3.8, 4) is 0 Å². The van der Waals surface area contributed by atoms with Gasteiger partial charge in [-0.3, -0.25) is 4.79 Å². The molecule has 0 unspecified atom stereocenters. The molecule has 0 aromatic heterocycles. The predicted octanol–water partition coefficient (Wildman–Crippen LogP) is 2.28. The second-order valence-electron chi connectivity index (χ2n) is 3.70. The first-order chi connectivity index (χ1) is 5.30. The third-order valence-corrected chi connectivity index (χ3v) is 2.94. The third-order valence-electron chi connectivity index (χ3n) is 2.94. The Morgan fingerprint density at radius 1 is 1.18 bits per heavy atom. The van der Waals surface area contributed by atoms with E-state index in [0.29, 0.717) is 11.3 Å². The van der Waals surface area contributed by atoms with Crippen LogP contribution in [0.1, 0.15) is 49.1 Å². The monoisotopic (exact) mass is 150 g/mol. The fraction of sp³-hybridized carbons (Fsp3) is 0.700. The van der Waals surface area contributed by atoms with Crippen molar-refractivity contribution < 1.29 is 0 Å². The van der Waals surface area contributed by atoms with Crippen LogP contribution in [0.15, 0.2) is 4.79 Å². The molecule has 11 heavy (non-hydrogen) atoms. The first-order valence-corrected chi connectivity index (χ1v) is 4.56. The molecule has 60 valence electrons. The average molecular weight is 150 g/mol. The van der Waals surface area contributed by atoms with Gasteiger partial charge in [-0.25, -0.2) is 0 Å². The summed E-state index contributed by atoms with van der Waals surface area (Å²) in [5.74, 6) is 0.649. The number of rotatable bonds is 1. The highest BCUT2D eigenvalue weighted by Crippen LogP contribution is 2.34. The molecule has 2 rings (SSSR count). The Labute approximate surface area is 67.1 Å². The molecule has 0 saturated heterocycles. The summed E-state index contributed by atoms with van der Waals surface area (Å²) in [6, 6.07) is 0. The van der Waals surface area contributed by atoms with Crippen molar-refractivity contribution in [3.05, 3.63) is 21.4 Å². The second kappa shape index (κ2) is 2.47. The highest BCUT2D eigenvalue weighted by atomic mass is 16.1. The van der Waals surface area contributed by atoms with Crippen molar-refractivity contribution in [1.82, 2.24) is 0 Å². The first-order valence-electron chi connectivity index (χ1n) is 4.56. The normalized spacial score (nSPS) is 21.2. The Balaban J connectivity index is 2.05. The average Bonchev–Trinajstić information content (AvgIpc) is 2.62. The van der Waals surface area contributed by atoms with Gasteiger partial charge in [0.25, 0.3) is 0 Å². The Bertz CT molecular complexity index is 260. The van der Waals surface area contributed by atoms with E-state index < -0.39 is 0 Å². The Morgan fingerprint density at radius 3 is 2.18 bits per heavy atom. The lowest BCUT2D eigenvalue weighted by Crippen LogP contribution is -2.02. The van der Waals surface area contributed by atoms with E-state index in [1.165, 1.54) is 37.7 Å². The van der Waals surface area contributed by atoms with Crippen LogP contribution in [-0.4, -0.2) is 0 Å². The highest BCUT2D eigenvalue weighted by Gasteiger charge is 2.27. The van der Waals surface area contributed by atoms with E-state index in [4.69, 9.17) is 0 Å². The topological polar surface area (TPSA) is 17.1 Å². The van der Waals surface area contributed by atoms with Crippen molar-refractivity contribution in [2.24, 2.45) is 0 Å². The van der Waals surface area contributed by atoms with Gasteiger partial charge in [-0.1, -0.05) is 19.3 Å². The van der Waals surface area contributed by atoms with Crippen LogP contribution in [-0.2, 0) is 0 Å². The second-order valence-corrected chi connectivity index (χ2v) is 3.70. The molecule has 1 aliphatic rings. The van der Waals surface area contributed by atoms with Gasteiger partial charge in [0.1, 0.15) is 0 Å². The molecule has 0 N–H and O–H groups in total. The summed E-state index contributed by atoms with van der Waals surface area (Å²) in [5.41, 5.74) is 2.62. The summed E-state index contributed by atoms with van der Waals surface area (Å²) in [7, 11) is 0. The lowest BCUT2D eigenvalue weighted by molar-refractivity contribution is 0.447. The molecule has 0 aliphatic heterocycles. The molecule has 1 fully saturated rings. The number of hydrogen-bond donors (Lipinski definition) is 0. The van der Waals surface area contributed by atoms with Crippen molar-refractivity contribution in [3.63, 3.8) is 0 Å². The minimum absolute atomic E-state index is 0.372. The lowest BCUT2D eigenvalue weighted by Gasteiger charge is -2.17. The zero-order valence-corrected chi connectivity index (χ0v) is 7.02. The van der Waals surface area contributed by atoms with E-state index in [-0.39, 0.29) is 0 Å². The molecule has 0 amide bonds. The molecule has 0 atom stereocenters. The summed E-state index contributed by atoms with van der Waals surface area (Å²) in [4.78, 5) is 11.0. The van der Waals surface area contributed by atoms with Crippen molar-refractivity contribution in [2.75, 3.05) is 0 Å². The van der Waals surface area contributed by atoms with Crippen LogP contribution in [0.5, 0.6) is 0 Å². The summed E-state index contributed by atoms with van der Waals surface area (Å²) in [6.07, 6.45) is 6.55. The van der Waals surface area contributed by atoms with Gasteiger partial charge in [-0.2, -0.15) is 0 Å². The van der Waals surface area contributed by atoms with Crippen LogP contribution in [0.3, 0.4) is 0 Å². The van der Waals surface area contributed by atoms with E-state index in [1.54, 1.807) is 0 Å². The molecule has 0 spiro atoms. The van der Waals surface area contributed by atoms with Crippen LogP contribution in [0, 0.1) is 6.92 Å². The molecule has 0 radical (unpaired) electrons. The molecular weight excluding hydrogens is 136 g/mol. The van der Waals surface area contributed by atoms with Gasteiger partial charge in [0.05, 0.1) is 0 Å². The lowest BCUT2D eigenvalue weighted by atomic mass is 9.87. The quantitative estimate of drug-likeness (QED) is 0.600. The van der Waals surface area contributed by atoms with E-state index in [2.05, 4.69) is 0 Å². The molecule has 1 saturated carbocycles. The number of hydrogen-bond acceptors (Lipinski definition) is 1. The molecule has 1 aliphatic carbocycles. The Morgan fingerprint density at radius 2 is 1.73 bits per heavy atom. The maximum Gasteiger partial charge on any atom is 0.185 e.